The molecule has 22 heavy (non-hydrogen) atoms. The molecule has 1 aliphatic rings. The van der Waals surface area contributed by atoms with Gasteiger partial charge in [-0.25, -0.2) is 0 Å². The maximum atomic E-state index is 12.2. The lowest BCUT2D eigenvalue weighted by atomic mass is 10.1. The van der Waals surface area contributed by atoms with E-state index in [2.05, 4.69) is 5.32 Å². The number of likely N-dealkylation sites (tertiary alicyclic amines) is 1. The van der Waals surface area contributed by atoms with E-state index in [0.29, 0.717) is 18.8 Å². The van der Waals surface area contributed by atoms with Gasteiger partial charge in [0.25, 0.3) is 5.91 Å². The third-order valence-corrected chi connectivity index (χ3v) is 3.77. The minimum Gasteiger partial charge on any atom is -0.484 e. The first-order valence-corrected chi connectivity index (χ1v) is 7.35. The fraction of sp³-hybridized carbons (Fsp3) is 0.500. The number of aryl methyl sites for hydroxylation is 1. The second-order valence-corrected chi connectivity index (χ2v) is 5.65. The van der Waals surface area contributed by atoms with Gasteiger partial charge in [0, 0.05) is 32.5 Å². The number of carbonyl (C=O) groups excluding carboxylic acids is 2. The molecule has 1 heterocycles. The summed E-state index contributed by atoms with van der Waals surface area (Å²) in [6.45, 7) is 4.11. The zero-order chi connectivity index (χ0) is 16.1. The minimum absolute atomic E-state index is 0.0472. The molecule has 0 aliphatic carbocycles. The molecule has 2 atom stereocenters. The number of hydrogen-bond donors (Lipinski definition) is 2. The van der Waals surface area contributed by atoms with Gasteiger partial charge in [-0.15, -0.1) is 0 Å². The van der Waals surface area contributed by atoms with Gasteiger partial charge in [0.1, 0.15) is 5.75 Å². The van der Waals surface area contributed by atoms with Gasteiger partial charge in [0.2, 0.25) is 5.91 Å². The highest BCUT2D eigenvalue weighted by molar-refractivity contribution is 5.78. The van der Waals surface area contributed by atoms with Crippen LogP contribution in [0.4, 0.5) is 0 Å². The van der Waals surface area contributed by atoms with Gasteiger partial charge in [0.15, 0.2) is 6.61 Å². The van der Waals surface area contributed by atoms with Gasteiger partial charge in [-0.3, -0.25) is 9.59 Å². The summed E-state index contributed by atoms with van der Waals surface area (Å²) in [5, 5.41) is 12.1. The fourth-order valence-electron chi connectivity index (χ4n) is 2.63. The Bertz CT molecular complexity index is 547. The molecule has 0 unspecified atom stereocenters. The van der Waals surface area contributed by atoms with E-state index in [1.54, 1.807) is 11.0 Å². The van der Waals surface area contributed by atoms with Crippen molar-refractivity contribution < 1.29 is 19.4 Å². The fourth-order valence-corrected chi connectivity index (χ4v) is 2.63. The Balaban J connectivity index is 1.89. The topological polar surface area (TPSA) is 78.9 Å². The standard InChI is InChI=1S/C16H22N2O4/c1-11-4-3-5-14(6-11)22-10-16(21)18-7-13(9-19)15(8-18)17-12(2)20/h3-6,13,15,19H,7-10H2,1-2H3,(H,17,20)/t13-,15+/m0/s1. The van der Waals surface area contributed by atoms with Crippen molar-refractivity contribution in [2.75, 3.05) is 26.3 Å². The number of carbonyl (C=O) groups is 2. The van der Waals surface area contributed by atoms with E-state index in [4.69, 9.17) is 4.74 Å². The second kappa shape index (κ2) is 7.26. The van der Waals surface area contributed by atoms with Gasteiger partial charge in [-0.05, 0) is 24.6 Å². The van der Waals surface area contributed by atoms with Gasteiger partial charge in [0.05, 0.1) is 6.04 Å². The summed E-state index contributed by atoms with van der Waals surface area (Å²) in [5.41, 5.74) is 1.07. The maximum absolute atomic E-state index is 12.2. The Morgan fingerprint density at radius 1 is 1.41 bits per heavy atom. The monoisotopic (exact) mass is 306 g/mol. The van der Waals surface area contributed by atoms with Crippen molar-refractivity contribution in [3.63, 3.8) is 0 Å². The molecule has 1 aliphatic heterocycles. The number of amides is 2. The predicted octanol–water partition coefficient (Wildman–Crippen LogP) is 0.329. The smallest absolute Gasteiger partial charge is 0.260 e. The Hall–Kier alpha value is -2.08. The number of nitrogens with one attached hydrogen (secondary N) is 1. The van der Waals surface area contributed by atoms with Gasteiger partial charge < -0.3 is 20.1 Å². The summed E-state index contributed by atoms with van der Waals surface area (Å²) in [5.74, 6) is 0.220. The molecule has 6 nitrogen and oxygen atoms in total. The molecule has 2 amide bonds. The molecule has 0 spiro atoms. The first-order chi connectivity index (χ1) is 10.5. The Kier molecular flexibility index (Phi) is 5.38. The molecule has 2 rings (SSSR count). The molecule has 1 aromatic rings. The zero-order valence-electron chi connectivity index (χ0n) is 12.9. The van der Waals surface area contributed by atoms with Gasteiger partial charge in [-0.1, -0.05) is 12.1 Å². The van der Waals surface area contributed by atoms with Crippen LogP contribution >= 0.6 is 0 Å². The molecule has 1 fully saturated rings. The molecule has 0 bridgehead atoms. The van der Waals surface area contributed by atoms with Crippen LogP contribution in [0.25, 0.3) is 0 Å². The highest BCUT2D eigenvalue weighted by atomic mass is 16.5. The van der Waals surface area contributed by atoms with Crippen LogP contribution in [-0.4, -0.2) is 54.2 Å². The lowest BCUT2D eigenvalue weighted by Gasteiger charge is -2.17. The van der Waals surface area contributed by atoms with E-state index in [1.165, 1.54) is 6.92 Å². The number of benzene rings is 1. The minimum atomic E-state index is -0.203. The number of hydrogen-bond acceptors (Lipinski definition) is 4. The molecule has 0 saturated carbocycles. The van der Waals surface area contributed by atoms with E-state index in [0.717, 1.165) is 5.56 Å². The Morgan fingerprint density at radius 3 is 2.82 bits per heavy atom. The lowest BCUT2D eigenvalue weighted by molar-refractivity contribution is -0.132. The largest absolute Gasteiger partial charge is 0.484 e. The SMILES string of the molecule is CC(=O)N[C@@H]1CN(C(=O)COc2cccc(C)c2)C[C@H]1CO. The quantitative estimate of drug-likeness (QED) is 0.822. The third kappa shape index (κ3) is 4.21. The molecule has 2 N–H and O–H groups in total. The first-order valence-electron chi connectivity index (χ1n) is 7.35. The van der Waals surface area contributed by atoms with Crippen molar-refractivity contribution >= 4 is 11.8 Å². The van der Waals surface area contributed by atoms with Crippen molar-refractivity contribution in [3.05, 3.63) is 29.8 Å². The molecule has 1 aromatic carbocycles. The molecule has 6 heteroatoms. The summed E-state index contributed by atoms with van der Waals surface area (Å²) >= 11 is 0. The number of nitrogens with zero attached hydrogens (tertiary/aromatic N) is 1. The highest BCUT2D eigenvalue weighted by Crippen LogP contribution is 2.18. The van der Waals surface area contributed by atoms with E-state index >= 15 is 0 Å². The summed E-state index contributed by atoms with van der Waals surface area (Å²) in [7, 11) is 0. The second-order valence-electron chi connectivity index (χ2n) is 5.65. The maximum Gasteiger partial charge on any atom is 0.260 e. The number of rotatable bonds is 5. The van der Waals surface area contributed by atoms with Crippen molar-refractivity contribution in [2.45, 2.75) is 19.9 Å². The molecular formula is C16H22N2O4. The third-order valence-electron chi connectivity index (χ3n) is 3.77. The van der Waals surface area contributed by atoms with Crippen LogP contribution in [0.5, 0.6) is 5.75 Å². The summed E-state index contributed by atoms with van der Waals surface area (Å²) < 4.78 is 5.51. The van der Waals surface area contributed by atoms with E-state index in [-0.39, 0.29) is 37.0 Å². The molecule has 120 valence electrons. The molecular weight excluding hydrogens is 284 g/mol. The predicted molar refractivity (Wildman–Crippen MR) is 81.4 cm³/mol. The highest BCUT2D eigenvalue weighted by Gasteiger charge is 2.35. The Morgan fingerprint density at radius 2 is 2.18 bits per heavy atom. The lowest BCUT2D eigenvalue weighted by Crippen LogP contribution is -2.41. The van der Waals surface area contributed by atoms with Crippen LogP contribution in [0.2, 0.25) is 0 Å². The number of aliphatic hydroxyl groups excluding tert-OH is 1. The van der Waals surface area contributed by atoms with Crippen LogP contribution in [0.3, 0.4) is 0 Å². The molecule has 0 radical (unpaired) electrons. The number of ether oxygens (including phenoxy) is 1. The Labute approximate surface area is 130 Å². The van der Waals surface area contributed by atoms with Crippen molar-refractivity contribution in [3.8, 4) is 5.75 Å². The van der Waals surface area contributed by atoms with E-state index in [1.807, 2.05) is 25.1 Å². The van der Waals surface area contributed by atoms with E-state index in [9.17, 15) is 14.7 Å². The van der Waals surface area contributed by atoms with Crippen LogP contribution in [0, 0.1) is 12.8 Å². The van der Waals surface area contributed by atoms with Crippen LogP contribution in [0.15, 0.2) is 24.3 Å². The molecule has 0 aromatic heterocycles. The van der Waals surface area contributed by atoms with Crippen molar-refractivity contribution in [1.29, 1.82) is 0 Å². The van der Waals surface area contributed by atoms with Crippen LogP contribution in [0.1, 0.15) is 12.5 Å². The van der Waals surface area contributed by atoms with E-state index < -0.39 is 0 Å². The summed E-state index contributed by atoms with van der Waals surface area (Å²) in [4.78, 5) is 25.0. The van der Waals surface area contributed by atoms with Crippen LogP contribution < -0.4 is 10.1 Å². The average Bonchev–Trinajstić information content (AvgIpc) is 2.87. The number of aliphatic hydroxyl groups is 1. The summed E-state index contributed by atoms with van der Waals surface area (Å²) in [6, 6.07) is 7.30. The van der Waals surface area contributed by atoms with Gasteiger partial charge in [-0.2, -0.15) is 0 Å². The van der Waals surface area contributed by atoms with Crippen molar-refractivity contribution in [2.24, 2.45) is 5.92 Å². The summed E-state index contributed by atoms with van der Waals surface area (Å²) in [6.07, 6.45) is 0. The normalized spacial score (nSPS) is 20.8. The first kappa shape index (κ1) is 16.3. The van der Waals surface area contributed by atoms with Crippen LogP contribution in [-0.2, 0) is 9.59 Å². The van der Waals surface area contributed by atoms with Crippen molar-refractivity contribution in [1.82, 2.24) is 10.2 Å². The zero-order valence-corrected chi connectivity index (χ0v) is 12.9. The molecule has 1 saturated heterocycles. The van der Waals surface area contributed by atoms with Gasteiger partial charge >= 0.3 is 0 Å². The average molecular weight is 306 g/mol.